The largest absolute Gasteiger partial charge is 0.324 e. The van der Waals surface area contributed by atoms with E-state index >= 15 is 0 Å². The maximum absolute atomic E-state index is 13.6. The van der Waals surface area contributed by atoms with Gasteiger partial charge in [0.25, 0.3) is 0 Å². The zero-order valence-electron chi connectivity index (χ0n) is 8.47. The van der Waals surface area contributed by atoms with E-state index in [-0.39, 0.29) is 17.7 Å². The molecule has 0 radical (unpaired) electrons. The molecule has 1 aromatic carbocycles. The van der Waals surface area contributed by atoms with Crippen LogP contribution in [-0.2, 0) is 5.75 Å². The van der Waals surface area contributed by atoms with Gasteiger partial charge in [0.2, 0.25) is 0 Å². The van der Waals surface area contributed by atoms with E-state index in [9.17, 15) is 8.78 Å². The van der Waals surface area contributed by atoms with Crippen molar-refractivity contribution in [2.24, 2.45) is 5.73 Å². The molecule has 0 aromatic heterocycles. The van der Waals surface area contributed by atoms with Gasteiger partial charge in [-0.3, -0.25) is 0 Å². The van der Waals surface area contributed by atoms with Crippen molar-refractivity contribution in [1.29, 1.82) is 0 Å². The van der Waals surface area contributed by atoms with Gasteiger partial charge in [-0.05, 0) is 18.6 Å². The number of halogens is 2. The topological polar surface area (TPSA) is 26.0 Å². The average Bonchev–Trinajstić information content (AvgIpc) is 2.32. The number of fused-ring (bicyclic) bond motifs is 1. The summed E-state index contributed by atoms with van der Waals surface area (Å²) < 4.78 is 27.1. The minimum Gasteiger partial charge on any atom is -0.324 e. The number of thioether (sulfide) groups is 1. The summed E-state index contributed by atoms with van der Waals surface area (Å²) in [6.45, 7) is 2.03. The highest BCUT2D eigenvalue weighted by molar-refractivity contribution is 7.99. The van der Waals surface area contributed by atoms with E-state index in [1.807, 2.05) is 6.92 Å². The van der Waals surface area contributed by atoms with Crippen LogP contribution < -0.4 is 5.73 Å². The second-order valence-electron chi connectivity index (χ2n) is 3.89. The zero-order chi connectivity index (χ0) is 11.0. The number of benzene rings is 1. The highest BCUT2D eigenvalue weighted by atomic mass is 32.2. The number of hydrogen-bond acceptors (Lipinski definition) is 2. The molecular weight excluding hydrogens is 216 g/mol. The fourth-order valence-electron chi connectivity index (χ4n) is 1.93. The van der Waals surface area contributed by atoms with Crippen LogP contribution in [0.4, 0.5) is 8.78 Å². The van der Waals surface area contributed by atoms with Crippen LogP contribution in [0.2, 0.25) is 0 Å². The molecule has 1 nitrogen and oxygen atoms in total. The fraction of sp³-hybridized carbons (Fsp3) is 0.455. The van der Waals surface area contributed by atoms with Crippen LogP contribution >= 0.6 is 11.8 Å². The molecule has 1 aliphatic heterocycles. The number of rotatable bonds is 0. The summed E-state index contributed by atoms with van der Waals surface area (Å²) in [5, 5.41) is 0.339. The SMILES string of the molecule is CC1C[C@@H](N)c2c(F)ccc(F)c2CS1. The van der Waals surface area contributed by atoms with Gasteiger partial charge in [0, 0.05) is 28.2 Å². The molecular formula is C11H13F2NS. The third-order valence-electron chi connectivity index (χ3n) is 2.72. The fourth-order valence-corrected chi connectivity index (χ4v) is 3.01. The van der Waals surface area contributed by atoms with Crippen molar-refractivity contribution in [3.63, 3.8) is 0 Å². The van der Waals surface area contributed by atoms with E-state index < -0.39 is 0 Å². The molecule has 0 aliphatic carbocycles. The Morgan fingerprint density at radius 1 is 1.33 bits per heavy atom. The van der Waals surface area contributed by atoms with E-state index in [1.54, 1.807) is 11.8 Å². The van der Waals surface area contributed by atoms with E-state index in [0.717, 1.165) is 6.07 Å². The van der Waals surface area contributed by atoms with Gasteiger partial charge in [0.05, 0.1) is 0 Å². The third kappa shape index (κ3) is 2.01. The Labute approximate surface area is 92.0 Å². The van der Waals surface area contributed by atoms with Gasteiger partial charge in [-0.25, -0.2) is 8.78 Å². The van der Waals surface area contributed by atoms with E-state index in [1.165, 1.54) is 6.07 Å². The quantitative estimate of drug-likeness (QED) is 0.740. The lowest BCUT2D eigenvalue weighted by Crippen LogP contribution is -2.16. The first-order chi connectivity index (χ1) is 7.09. The minimum atomic E-state index is -0.388. The normalized spacial score (nSPS) is 25.9. The van der Waals surface area contributed by atoms with Crippen LogP contribution in [0.5, 0.6) is 0 Å². The first kappa shape index (κ1) is 10.9. The highest BCUT2D eigenvalue weighted by Gasteiger charge is 2.25. The van der Waals surface area contributed by atoms with Gasteiger partial charge < -0.3 is 5.73 Å². The summed E-state index contributed by atoms with van der Waals surface area (Å²) in [5.74, 6) is -0.217. The molecule has 1 aromatic rings. The third-order valence-corrected chi connectivity index (χ3v) is 3.93. The Kier molecular flexibility index (Phi) is 2.98. The smallest absolute Gasteiger partial charge is 0.128 e. The lowest BCUT2D eigenvalue weighted by atomic mass is 9.97. The standard InChI is InChI=1S/C11H13F2NS/c1-6-4-10(14)11-7(5-15-6)8(12)2-3-9(11)13/h2-3,6,10H,4-5,14H2,1H3/t6?,10-/m1/s1. The van der Waals surface area contributed by atoms with Crippen molar-refractivity contribution < 1.29 is 8.78 Å². The van der Waals surface area contributed by atoms with Crippen LogP contribution in [-0.4, -0.2) is 5.25 Å². The molecule has 0 saturated carbocycles. The van der Waals surface area contributed by atoms with Gasteiger partial charge >= 0.3 is 0 Å². The second-order valence-corrected chi connectivity index (χ2v) is 5.31. The first-order valence-electron chi connectivity index (χ1n) is 4.93. The Morgan fingerprint density at radius 3 is 2.73 bits per heavy atom. The zero-order valence-corrected chi connectivity index (χ0v) is 9.28. The van der Waals surface area contributed by atoms with Crippen molar-refractivity contribution in [2.75, 3.05) is 0 Å². The average molecular weight is 229 g/mol. The summed E-state index contributed by atoms with van der Waals surface area (Å²) in [5.41, 5.74) is 6.70. The Morgan fingerprint density at radius 2 is 2.00 bits per heavy atom. The summed E-state index contributed by atoms with van der Waals surface area (Å²) in [7, 11) is 0. The van der Waals surface area contributed by atoms with Crippen LogP contribution in [0, 0.1) is 11.6 Å². The molecule has 0 amide bonds. The minimum absolute atomic E-state index is 0.339. The lowest BCUT2D eigenvalue weighted by molar-refractivity contribution is 0.544. The van der Waals surface area contributed by atoms with E-state index in [2.05, 4.69) is 0 Å². The van der Waals surface area contributed by atoms with Gasteiger partial charge in [-0.15, -0.1) is 0 Å². The molecule has 1 unspecified atom stereocenters. The maximum atomic E-state index is 13.6. The molecule has 0 bridgehead atoms. The molecule has 0 saturated heterocycles. The molecule has 4 heteroatoms. The molecule has 1 aliphatic rings. The predicted molar refractivity (Wildman–Crippen MR) is 58.7 cm³/mol. The molecule has 1 heterocycles. The monoisotopic (exact) mass is 229 g/mol. The highest BCUT2D eigenvalue weighted by Crippen LogP contribution is 2.35. The van der Waals surface area contributed by atoms with E-state index in [0.29, 0.717) is 28.6 Å². The molecule has 2 N–H and O–H groups in total. The van der Waals surface area contributed by atoms with Gasteiger partial charge in [-0.1, -0.05) is 6.92 Å². The molecule has 0 spiro atoms. The molecule has 2 atom stereocenters. The van der Waals surface area contributed by atoms with Crippen molar-refractivity contribution in [3.8, 4) is 0 Å². The van der Waals surface area contributed by atoms with Crippen LogP contribution in [0.1, 0.15) is 30.5 Å². The van der Waals surface area contributed by atoms with Crippen LogP contribution in [0.25, 0.3) is 0 Å². The summed E-state index contributed by atoms with van der Waals surface area (Å²) in [6.07, 6.45) is 0.693. The molecule has 82 valence electrons. The molecule has 2 rings (SSSR count). The van der Waals surface area contributed by atoms with Crippen molar-refractivity contribution >= 4 is 11.8 Å². The Bertz CT molecular complexity index is 381. The Balaban J connectivity index is 2.52. The number of nitrogens with two attached hydrogens (primary N) is 1. The number of hydrogen-bond donors (Lipinski definition) is 1. The first-order valence-corrected chi connectivity index (χ1v) is 5.98. The summed E-state index contributed by atoms with van der Waals surface area (Å²) in [6, 6.07) is 1.95. The second kappa shape index (κ2) is 4.10. The van der Waals surface area contributed by atoms with Crippen molar-refractivity contribution in [3.05, 3.63) is 34.9 Å². The maximum Gasteiger partial charge on any atom is 0.128 e. The van der Waals surface area contributed by atoms with Crippen molar-refractivity contribution in [1.82, 2.24) is 0 Å². The lowest BCUT2D eigenvalue weighted by Gasteiger charge is -2.14. The molecule has 15 heavy (non-hydrogen) atoms. The predicted octanol–water partition coefficient (Wildman–Crippen LogP) is 2.99. The van der Waals surface area contributed by atoms with E-state index in [4.69, 9.17) is 5.73 Å². The van der Waals surface area contributed by atoms with Gasteiger partial charge in [0.15, 0.2) is 0 Å². The molecule has 0 fully saturated rings. The Hall–Kier alpha value is -0.610. The summed E-state index contributed by atoms with van der Waals surface area (Å²) >= 11 is 1.62. The van der Waals surface area contributed by atoms with Crippen LogP contribution in [0.3, 0.4) is 0 Å². The summed E-state index contributed by atoms with van der Waals surface area (Å²) in [4.78, 5) is 0. The van der Waals surface area contributed by atoms with Crippen LogP contribution in [0.15, 0.2) is 12.1 Å². The van der Waals surface area contributed by atoms with Gasteiger partial charge in [-0.2, -0.15) is 11.8 Å². The van der Waals surface area contributed by atoms with Crippen molar-refractivity contribution in [2.45, 2.75) is 30.4 Å². The van der Waals surface area contributed by atoms with Gasteiger partial charge in [0.1, 0.15) is 11.6 Å².